The zero-order valence-corrected chi connectivity index (χ0v) is 12.2. The summed E-state index contributed by atoms with van der Waals surface area (Å²) in [7, 11) is 1.83. The first kappa shape index (κ1) is 13.9. The summed E-state index contributed by atoms with van der Waals surface area (Å²) in [6.45, 7) is 7.55. The van der Waals surface area contributed by atoms with Crippen LogP contribution in [0.5, 0.6) is 0 Å². The number of nitrogens with two attached hydrogens (primary N) is 1. The van der Waals surface area contributed by atoms with Crippen LogP contribution in [-0.4, -0.2) is 37.1 Å². The van der Waals surface area contributed by atoms with Gasteiger partial charge < -0.3 is 10.6 Å². The molecule has 1 aliphatic rings. The van der Waals surface area contributed by atoms with E-state index >= 15 is 0 Å². The maximum absolute atomic E-state index is 12.4. The van der Waals surface area contributed by atoms with Crippen LogP contribution < -0.4 is 10.6 Å². The molecule has 2 amide bonds. The highest BCUT2D eigenvalue weighted by atomic mass is 16.2. The van der Waals surface area contributed by atoms with Crippen molar-refractivity contribution in [2.24, 2.45) is 5.73 Å². The Balaban J connectivity index is 2.45. The monoisotopic (exact) mass is 261 g/mol. The second-order valence-electron chi connectivity index (χ2n) is 5.56. The number of rotatable bonds is 3. The van der Waals surface area contributed by atoms with Gasteiger partial charge in [0, 0.05) is 20.1 Å². The van der Waals surface area contributed by atoms with E-state index in [9.17, 15) is 4.79 Å². The molecule has 19 heavy (non-hydrogen) atoms. The highest BCUT2D eigenvalue weighted by Crippen LogP contribution is 2.33. The van der Waals surface area contributed by atoms with Crippen molar-refractivity contribution in [1.82, 2.24) is 4.90 Å². The number of hydrogen-bond donors (Lipinski definition) is 1. The molecule has 0 aliphatic carbocycles. The van der Waals surface area contributed by atoms with Gasteiger partial charge in [-0.1, -0.05) is 32.0 Å². The standard InChI is InChI=1S/C15H23N3O/c1-10(2)13-7-5-6-11(3)14(13)18-9-12(8-16)17(4)15(18)19/h5-7,10,12H,8-9,16H2,1-4H3. The molecule has 0 radical (unpaired) electrons. The van der Waals surface area contributed by atoms with Gasteiger partial charge in [0.1, 0.15) is 0 Å². The van der Waals surface area contributed by atoms with Gasteiger partial charge in [-0.25, -0.2) is 4.79 Å². The normalized spacial score (nSPS) is 19.7. The minimum Gasteiger partial charge on any atom is -0.328 e. The molecular formula is C15H23N3O. The quantitative estimate of drug-likeness (QED) is 0.907. The Morgan fingerprint density at radius 1 is 1.42 bits per heavy atom. The number of carbonyl (C=O) groups excluding carboxylic acids is 1. The van der Waals surface area contributed by atoms with Crippen LogP contribution in [0.2, 0.25) is 0 Å². The fourth-order valence-corrected chi connectivity index (χ4v) is 2.69. The lowest BCUT2D eigenvalue weighted by molar-refractivity contribution is 0.219. The van der Waals surface area contributed by atoms with E-state index in [1.807, 2.05) is 11.9 Å². The van der Waals surface area contributed by atoms with Gasteiger partial charge >= 0.3 is 6.03 Å². The van der Waals surface area contributed by atoms with E-state index in [4.69, 9.17) is 5.73 Å². The fraction of sp³-hybridized carbons (Fsp3) is 0.533. The van der Waals surface area contributed by atoms with Crippen LogP contribution in [0.1, 0.15) is 30.9 Å². The van der Waals surface area contributed by atoms with E-state index in [0.29, 0.717) is 19.0 Å². The Hall–Kier alpha value is -1.55. The van der Waals surface area contributed by atoms with E-state index < -0.39 is 0 Å². The molecule has 1 aliphatic heterocycles. The number of nitrogens with zero attached hydrogens (tertiary/aromatic N) is 2. The molecule has 0 aromatic heterocycles. The molecule has 1 heterocycles. The number of aryl methyl sites for hydroxylation is 1. The molecule has 1 atom stereocenters. The Bertz CT molecular complexity index is 484. The first-order valence-corrected chi connectivity index (χ1v) is 6.81. The third kappa shape index (κ3) is 2.32. The van der Waals surface area contributed by atoms with Gasteiger partial charge in [-0.3, -0.25) is 4.90 Å². The summed E-state index contributed by atoms with van der Waals surface area (Å²) < 4.78 is 0. The van der Waals surface area contributed by atoms with Gasteiger partial charge in [0.05, 0.1) is 11.7 Å². The second-order valence-corrected chi connectivity index (χ2v) is 5.56. The van der Waals surface area contributed by atoms with Crippen molar-refractivity contribution in [3.05, 3.63) is 29.3 Å². The number of benzene rings is 1. The van der Waals surface area contributed by atoms with Crippen molar-refractivity contribution in [1.29, 1.82) is 0 Å². The fourth-order valence-electron chi connectivity index (χ4n) is 2.69. The first-order valence-electron chi connectivity index (χ1n) is 6.81. The number of para-hydroxylation sites is 1. The van der Waals surface area contributed by atoms with E-state index in [1.54, 1.807) is 4.90 Å². The zero-order valence-electron chi connectivity index (χ0n) is 12.2. The van der Waals surface area contributed by atoms with Gasteiger partial charge in [0.2, 0.25) is 0 Å². The third-order valence-corrected chi connectivity index (χ3v) is 3.91. The molecule has 1 fully saturated rings. The van der Waals surface area contributed by atoms with Crippen LogP contribution >= 0.6 is 0 Å². The highest BCUT2D eigenvalue weighted by molar-refractivity contribution is 5.96. The van der Waals surface area contributed by atoms with Crippen LogP contribution in [0.15, 0.2) is 18.2 Å². The van der Waals surface area contributed by atoms with Crippen molar-refractivity contribution in [3.63, 3.8) is 0 Å². The Kier molecular flexibility index (Phi) is 3.80. The molecule has 0 saturated carbocycles. The van der Waals surface area contributed by atoms with E-state index in [-0.39, 0.29) is 12.1 Å². The molecule has 1 aromatic rings. The summed E-state index contributed by atoms with van der Waals surface area (Å²) in [5, 5.41) is 0. The predicted molar refractivity (Wildman–Crippen MR) is 78.6 cm³/mol. The van der Waals surface area contributed by atoms with E-state index in [2.05, 4.69) is 39.0 Å². The van der Waals surface area contributed by atoms with E-state index in [0.717, 1.165) is 11.3 Å². The number of amides is 2. The maximum atomic E-state index is 12.4. The average Bonchev–Trinajstić information content (AvgIpc) is 2.66. The molecule has 0 bridgehead atoms. The zero-order chi connectivity index (χ0) is 14.2. The number of likely N-dealkylation sites (N-methyl/N-ethyl adjacent to an activating group) is 1. The summed E-state index contributed by atoms with van der Waals surface area (Å²) in [5.74, 6) is 0.393. The Morgan fingerprint density at radius 2 is 2.11 bits per heavy atom. The van der Waals surface area contributed by atoms with Crippen LogP contribution in [0.3, 0.4) is 0 Å². The van der Waals surface area contributed by atoms with Gasteiger partial charge in [-0.05, 0) is 24.0 Å². The minimum atomic E-state index is 0.0478. The highest BCUT2D eigenvalue weighted by Gasteiger charge is 2.36. The largest absolute Gasteiger partial charge is 0.328 e. The molecule has 1 aromatic carbocycles. The lowest BCUT2D eigenvalue weighted by atomic mass is 9.97. The Morgan fingerprint density at radius 3 is 2.63 bits per heavy atom. The van der Waals surface area contributed by atoms with Crippen LogP contribution in [0, 0.1) is 6.92 Å². The lowest BCUT2D eigenvalue weighted by Crippen LogP contribution is -2.35. The SMILES string of the molecule is Cc1cccc(C(C)C)c1N1CC(CN)N(C)C1=O. The van der Waals surface area contributed by atoms with Crippen molar-refractivity contribution in [3.8, 4) is 0 Å². The smallest absolute Gasteiger partial charge is 0.324 e. The van der Waals surface area contributed by atoms with Crippen molar-refractivity contribution in [2.45, 2.75) is 32.7 Å². The van der Waals surface area contributed by atoms with Gasteiger partial charge in [-0.15, -0.1) is 0 Å². The molecule has 2 rings (SSSR count). The number of anilines is 1. The predicted octanol–water partition coefficient (Wildman–Crippen LogP) is 2.32. The number of hydrogen-bond acceptors (Lipinski definition) is 2. The molecule has 4 nitrogen and oxygen atoms in total. The van der Waals surface area contributed by atoms with Crippen LogP contribution in [-0.2, 0) is 0 Å². The molecular weight excluding hydrogens is 238 g/mol. The molecule has 1 saturated heterocycles. The summed E-state index contributed by atoms with van der Waals surface area (Å²) in [6.07, 6.45) is 0. The van der Waals surface area contributed by atoms with Crippen molar-refractivity contribution >= 4 is 11.7 Å². The lowest BCUT2D eigenvalue weighted by Gasteiger charge is -2.23. The number of urea groups is 1. The van der Waals surface area contributed by atoms with Crippen molar-refractivity contribution in [2.75, 3.05) is 25.0 Å². The van der Waals surface area contributed by atoms with Gasteiger partial charge in [-0.2, -0.15) is 0 Å². The molecule has 4 heteroatoms. The average molecular weight is 261 g/mol. The Labute approximate surface area is 115 Å². The first-order chi connectivity index (χ1) is 8.97. The van der Waals surface area contributed by atoms with Gasteiger partial charge in [0.15, 0.2) is 0 Å². The summed E-state index contributed by atoms with van der Waals surface area (Å²) in [5.41, 5.74) is 9.17. The number of carbonyl (C=O) groups is 1. The van der Waals surface area contributed by atoms with Crippen LogP contribution in [0.4, 0.5) is 10.5 Å². The third-order valence-electron chi connectivity index (χ3n) is 3.91. The summed E-state index contributed by atoms with van der Waals surface area (Å²) in [4.78, 5) is 16.0. The molecule has 1 unspecified atom stereocenters. The van der Waals surface area contributed by atoms with E-state index in [1.165, 1.54) is 5.56 Å². The van der Waals surface area contributed by atoms with Crippen LogP contribution in [0.25, 0.3) is 0 Å². The summed E-state index contributed by atoms with van der Waals surface area (Å²) in [6, 6.07) is 6.37. The van der Waals surface area contributed by atoms with Crippen molar-refractivity contribution < 1.29 is 4.79 Å². The van der Waals surface area contributed by atoms with Gasteiger partial charge in [0.25, 0.3) is 0 Å². The topological polar surface area (TPSA) is 49.6 Å². The molecule has 104 valence electrons. The molecule has 2 N–H and O–H groups in total. The second kappa shape index (κ2) is 5.21. The minimum absolute atomic E-state index is 0.0478. The summed E-state index contributed by atoms with van der Waals surface area (Å²) >= 11 is 0. The molecule has 0 spiro atoms. The maximum Gasteiger partial charge on any atom is 0.324 e.